The van der Waals surface area contributed by atoms with E-state index < -0.39 is 0 Å². The second kappa shape index (κ2) is 5.25. The second-order valence-electron chi connectivity index (χ2n) is 5.22. The summed E-state index contributed by atoms with van der Waals surface area (Å²) in [7, 11) is 1.65. The van der Waals surface area contributed by atoms with Gasteiger partial charge in [0.25, 0.3) is 0 Å². The molecule has 0 radical (unpaired) electrons. The van der Waals surface area contributed by atoms with E-state index in [2.05, 4.69) is 22.4 Å². The number of nitrogens with zero attached hydrogens (tertiary/aromatic N) is 2. The summed E-state index contributed by atoms with van der Waals surface area (Å²) in [6.07, 6.45) is 2.04. The molecule has 20 heavy (non-hydrogen) atoms. The van der Waals surface area contributed by atoms with Crippen LogP contribution in [-0.4, -0.2) is 30.3 Å². The molecular formula is C15H19N3O2. The van der Waals surface area contributed by atoms with Crippen molar-refractivity contribution in [3.8, 4) is 17.1 Å². The van der Waals surface area contributed by atoms with Crippen LogP contribution in [0.1, 0.15) is 25.7 Å². The highest BCUT2D eigenvalue weighted by Gasteiger charge is 2.39. The van der Waals surface area contributed by atoms with E-state index >= 15 is 0 Å². The lowest BCUT2D eigenvalue weighted by Crippen LogP contribution is -2.28. The van der Waals surface area contributed by atoms with Crippen LogP contribution >= 0.6 is 0 Å². The molecule has 5 heteroatoms. The van der Waals surface area contributed by atoms with Crippen molar-refractivity contribution >= 4 is 0 Å². The Kier molecular flexibility index (Phi) is 3.44. The van der Waals surface area contributed by atoms with Gasteiger partial charge >= 0.3 is 0 Å². The van der Waals surface area contributed by atoms with Crippen LogP contribution in [0.25, 0.3) is 11.4 Å². The number of hydrogen-bond acceptors (Lipinski definition) is 5. The summed E-state index contributed by atoms with van der Waals surface area (Å²) in [5.41, 5.74) is 0.904. The summed E-state index contributed by atoms with van der Waals surface area (Å²) in [5.74, 6) is 2.16. The smallest absolute Gasteiger partial charge is 0.234 e. The fourth-order valence-corrected chi connectivity index (χ4v) is 2.70. The third-order valence-electron chi connectivity index (χ3n) is 4.13. The molecule has 1 fully saturated rings. The van der Waals surface area contributed by atoms with E-state index in [4.69, 9.17) is 9.26 Å². The van der Waals surface area contributed by atoms with Crippen molar-refractivity contribution in [1.82, 2.24) is 15.5 Å². The molecule has 3 rings (SSSR count). The van der Waals surface area contributed by atoms with Crippen molar-refractivity contribution in [3.05, 3.63) is 30.2 Å². The molecule has 2 heterocycles. The summed E-state index contributed by atoms with van der Waals surface area (Å²) >= 11 is 0. The number of benzene rings is 1. The van der Waals surface area contributed by atoms with Gasteiger partial charge < -0.3 is 14.6 Å². The van der Waals surface area contributed by atoms with Crippen LogP contribution in [0, 0.1) is 0 Å². The second-order valence-corrected chi connectivity index (χ2v) is 5.22. The van der Waals surface area contributed by atoms with Crippen molar-refractivity contribution in [2.24, 2.45) is 0 Å². The standard InChI is InChI=1S/C15H19N3O2/c1-3-15(7-8-16-10-15)14-17-13(18-20-14)11-5-4-6-12(9-11)19-2/h4-6,9,16H,3,7-8,10H2,1-2H3. The summed E-state index contributed by atoms with van der Waals surface area (Å²) in [6, 6.07) is 7.71. The van der Waals surface area contributed by atoms with Crippen LogP contribution in [-0.2, 0) is 5.41 Å². The number of rotatable bonds is 4. The largest absolute Gasteiger partial charge is 0.497 e. The first-order chi connectivity index (χ1) is 9.77. The molecule has 0 amide bonds. The third kappa shape index (κ3) is 2.18. The van der Waals surface area contributed by atoms with Crippen molar-refractivity contribution in [3.63, 3.8) is 0 Å². The van der Waals surface area contributed by atoms with E-state index in [0.29, 0.717) is 5.82 Å². The van der Waals surface area contributed by atoms with E-state index in [1.807, 2.05) is 24.3 Å². The van der Waals surface area contributed by atoms with Crippen molar-refractivity contribution in [1.29, 1.82) is 0 Å². The van der Waals surface area contributed by atoms with Gasteiger partial charge in [0.05, 0.1) is 12.5 Å². The fourth-order valence-electron chi connectivity index (χ4n) is 2.70. The molecule has 1 N–H and O–H groups in total. The zero-order valence-electron chi connectivity index (χ0n) is 11.8. The molecule has 1 aliphatic heterocycles. The lowest BCUT2D eigenvalue weighted by Gasteiger charge is -2.20. The van der Waals surface area contributed by atoms with Gasteiger partial charge in [0.2, 0.25) is 11.7 Å². The number of aromatic nitrogens is 2. The molecule has 1 saturated heterocycles. The number of hydrogen-bond donors (Lipinski definition) is 1. The normalized spacial score (nSPS) is 22.1. The van der Waals surface area contributed by atoms with E-state index in [9.17, 15) is 0 Å². The Balaban J connectivity index is 1.93. The lowest BCUT2D eigenvalue weighted by molar-refractivity contribution is 0.285. The van der Waals surface area contributed by atoms with E-state index in [-0.39, 0.29) is 5.41 Å². The average Bonchev–Trinajstić information content (AvgIpc) is 3.17. The Labute approximate surface area is 118 Å². The maximum Gasteiger partial charge on any atom is 0.234 e. The van der Waals surface area contributed by atoms with Gasteiger partial charge in [0, 0.05) is 12.1 Å². The molecule has 5 nitrogen and oxygen atoms in total. The van der Waals surface area contributed by atoms with E-state index in [0.717, 1.165) is 43.1 Å². The Morgan fingerprint density at radius 1 is 1.45 bits per heavy atom. The first kappa shape index (κ1) is 13.1. The molecule has 1 unspecified atom stereocenters. The monoisotopic (exact) mass is 273 g/mol. The SMILES string of the molecule is CCC1(c2nc(-c3cccc(OC)c3)no2)CCNC1. The zero-order valence-corrected chi connectivity index (χ0v) is 11.8. The van der Waals surface area contributed by atoms with Crippen LogP contribution in [0.4, 0.5) is 0 Å². The van der Waals surface area contributed by atoms with Gasteiger partial charge in [-0.05, 0) is 31.5 Å². The van der Waals surface area contributed by atoms with Gasteiger partial charge in [-0.1, -0.05) is 24.2 Å². The quantitative estimate of drug-likeness (QED) is 0.926. The Morgan fingerprint density at radius 3 is 3.05 bits per heavy atom. The van der Waals surface area contributed by atoms with Gasteiger partial charge in [0.1, 0.15) is 5.75 Å². The first-order valence-electron chi connectivity index (χ1n) is 6.97. The predicted octanol–water partition coefficient (Wildman–Crippen LogP) is 2.39. The highest BCUT2D eigenvalue weighted by Crippen LogP contribution is 2.34. The summed E-state index contributed by atoms with van der Waals surface area (Å²) < 4.78 is 10.8. The topological polar surface area (TPSA) is 60.2 Å². The summed E-state index contributed by atoms with van der Waals surface area (Å²) in [6.45, 7) is 4.08. The van der Waals surface area contributed by atoms with Crippen molar-refractivity contribution in [2.45, 2.75) is 25.2 Å². The van der Waals surface area contributed by atoms with Gasteiger partial charge in [-0.15, -0.1) is 0 Å². The highest BCUT2D eigenvalue weighted by molar-refractivity contribution is 5.57. The molecule has 0 bridgehead atoms. The van der Waals surface area contributed by atoms with Gasteiger partial charge in [-0.2, -0.15) is 4.98 Å². The molecule has 1 aromatic carbocycles. The molecule has 0 spiro atoms. The van der Waals surface area contributed by atoms with Crippen LogP contribution in [0.2, 0.25) is 0 Å². The fraction of sp³-hybridized carbons (Fsp3) is 0.467. The molecule has 1 atom stereocenters. The zero-order chi connectivity index (χ0) is 14.0. The lowest BCUT2D eigenvalue weighted by atomic mass is 9.84. The minimum Gasteiger partial charge on any atom is -0.497 e. The van der Waals surface area contributed by atoms with Crippen LogP contribution in [0.15, 0.2) is 28.8 Å². The average molecular weight is 273 g/mol. The highest BCUT2D eigenvalue weighted by atomic mass is 16.5. The molecule has 0 aliphatic carbocycles. The van der Waals surface area contributed by atoms with Gasteiger partial charge in [-0.25, -0.2) is 0 Å². The summed E-state index contributed by atoms with van der Waals surface area (Å²) in [4.78, 5) is 4.61. The maximum absolute atomic E-state index is 5.53. The maximum atomic E-state index is 5.53. The molecule has 0 saturated carbocycles. The number of nitrogens with one attached hydrogen (secondary N) is 1. The number of ether oxygens (including phenoxy) is 1. The van der Waals surface area contributed by atoms with Crippen LogP contribution < -0.4 is 10.1 Å². The minimum atomic E-state index is -0.00980. The van der Waals surface area contributed by atoms with Crippen LogP contribution in [0.5, 0.6) is 5.75 Å². The Bertz CT molecular complexity index is 588. The molecule has 1 aromatic heterocycles. The van der Waals surface area contributed by atoms with Gasteiger partial charge in [-0.3, -0.25) is 0 Å². The Hall–Kier alpha value is -1.88. The molecule has 1 aliphatic rings. The van der Waals surface area contributed by atoms with Crippen molar-refractivity contribution < 1.29 is 9.26 Å². The van der Waals surface area contributed by atoms with Crippen LogP contribution in [0.3, 0.4) is 0 Å². The van der Waals surface area contributed by atoms with E-state index in [1.54, 1.807) is 7.11 Å². The predicted molar refractivity (Wildman–Crippen MR) is 75.7 cm³/mol. The minimum absolute atomic E-state index is 0.00980. The van der Waals surface area contributed by atoms with Gasteiger partial charge in [0.15, 0.2) is 0 Å². The molecule has 2 aromatic rings. The van der Waals surface area contributed by atoms with E-state index in [1.165, 1.54) is 0 Å². The third-order valence-corrected chi connectivity index (χ3v) is 4.13. The first-order valence-corrected chi connectivity index (χ1v) is 6.97. The van der Waals surface area contributed by atoms with Crippen molar-refractivity contribution in [2.75, 3.05) is 20.2 Å². The summed E-state index contributed by atoms with van der Waals surface area (Å²) in [5, 5.41) is 7.51. The number of methoxy groups -OCH3 is 1. The molecular weight excluding hydrogens is 254 g/mol. The Morgan fingerprint density at radius 2 is 2.35 bits per heavy atom. The molecule has 106 valence electrons.